The third-order valence-corrected chi connectivity index (χ3v) is 5.46. The molecule has 0 heterocycles. The van der Waals surface area contributed by atoms with E-state index < -0.39 is 10.0 Å². The topological polar surface area (TPSA) is 75.3 Å². The lowest BCUT2D eigenvalue weighted by Gasteiger charge is -2.12. The third kappa shape index (κ3) is 3.34. The van der Waals surface area contributed by atoms with E-state index in [2.05, 4.69) is 10.0 Å². The summed E-state index contributed by atoms with van der Waals surface area (Å²) >= 11 is 0. The van der Waals surface area contributed by atoms with Crippen molar-refractivity contribution in [3.63, 3.8) is 0 Å². The van der Waals surface area contributed by atoms with Crippen molar-refractivity contribution in [2.45, 2.75) is 11.8 Å². The highest BCUT2D eigenvalue weighted by Gasteiger charge is 2.18. The van der Waals surface area contributed by atoms with Gasteiger partial charge in [0.2, 0.25) is 0 Å². The number of amides is 1. The number of rotatable bonds is 4. The van der Waals surface area contributed by atoms with Gasteiger partial charge in [-0.15, -0.1) is 0 Å². The molecule has 2 N–H and O–H groups in total. The van der Waals surface area contributed by atoms with E-state index in [1.165, 1.54) is 0 Å². The van der Waals surface area contributed by atoms with Crippen LogP contribution >= 0.6 is 0 Å². The van der Waals surface area contributed by atoms with E-state index in [0.29, 0.717) is 16.6 Å². The molecule has 0 saturated heterocycles. The van der Waals surface area contributed by atoms with Gasteiger partial charge in [-0.3, -0.25) is 9.52 Å². The first-order valence-electron chi connectivity index (χ1n) is 7.76. The smallest absolute Gasteiger partial charge is 0.262 e. The van der Waals surface area contributed by atoms with Crippen LogP contribution in [-0.4, -0.2) is 21.4 Å². The molecule has 6 heteroatoms. The van der Waals surface area contributed by atoms with Crippen molar-refractivity contribution in [2.24, 2.45) is 0 Å². The predicted octanol–water partition coefficient (Wildman–Crippen LogP) is 3.31. The first-order chi connectivity index (χ1) is 11.9. The van der Waals surface area contributed by atoms with Gasteiger partial charge in [-0.2, -0.15) is 0 Å². The average molecular weight is 354 g/mol. The minimum atomic E-state index is -3.75. The maximum absolute atomic E-state index is 12.8. The van der Waals surface area contributed by atoms with E-state index in [4.69, 9.17) is 0 Å². The highest BCUT2D eigenvalue weighted by molar-refractivity contribution is 7.93. The number of aryl methyl sites for hydroxylation is 1. The lowest BCUT2D eigenvalue weighted by molar-refractivity contribution is 0.0963. The predicted molar refractivity (Wildman–Crippen MR) is 99.3 cm³/mol. The number of hydrogen-bond acceptors (Lipinski definition) is 3. The van der Waals surface area contributed by atoms with Crippen molar-refractivity contribution in [3.05, 3.63) is 71.8 Å². The minimum Gasteiger partial charge on any atom is -0.355 e. The molecule has 5 nitrogen and oxygen atoms in total. The largest absolute Gasteiger partial charge is 0.355 e. The lowest BCUT2D eigenvalue weighted by atomic mass is 10.1. The molecule has 0 spiro atoms. The van der Waals surface area contributed by atoms with E-state index in [9.17, 15) is 13.2 Å². The van der Waals surface area contributed by atoms with Crippen LogP contribution in [0.1, 0.15) is 15.9 Å². The van der Waals surface area contributed by atoms with Crippen LogP contribution in [0.15, 0.2) is 65.6 Å². The molecule has 0 aliphatic carbocycles. The summed E-state index contributed by atoms with van der Waals surface area (Å²) in [5.41, 5.74) is 1.88. The summed E-state index contributed by atoms with van der Waals surface area (Å²) < 4.78 is 28.2. The molecule has 1 amide bonds. The van der Waals surface area contributed by atoms with E-state index >= 15 is 0 Å². The van der Waals surface area contributed by atoms with E-state index in [1.54, 1.807) is 49.5 Å². The number of hydrogen-bond donors (Lipinski definition) is 2. The van der Waals surface area contributed by atoms with E-state index in [1.807, 2.05) is 25.1 Å². The molecule has 25 heavy (non-hydrogen) atoms. The van der Waals surface area contributed by atoms with Crippen LogP contribution in [0.4, 0.5) is 5.69 Å². The number of benzene rings is 3. The van der Waals surface area contributed by atoms with Gasteiger partial charge in [0.25, 0.3) is 15.9 Å². The van der Waals surface area contributed by atoms with Crippen LogP contribution in [0.5, 0.6) is 0 Å². The Morgan fingerprint density at radius 1 is 0.880 bits per heavy atom. The molecule has 3 rings (SSSR count). The Labute approximate surface area is 146 Å². The zero-order chi connectivity index (χ0) is 18.0. The number of carbonyl (C=O) groups is 1. The van der Waals surface area contributed by atoms with Crippen molar-refractivity contribution in [1.82, 2.24) is 5.32 Å². The van der Waals surface area contributed by atoms with Gasteiger partial charge in [0.15, 0.2) is 0 Å². The molecule has 0 fully saturated rings. The fraction of sp³-hybridized carbons (Fsp3) is 0.105. The Kier molecular flexibility index (Phi) is 4.46. The van der Waals surface area contributed by atoms with Crippen molar-refractivity contribution in [2.75, 3.05) is 11.8 Å². The van der Waals surface area contributed by atoms with Gasteiger partial charge in [-0.05, 0) is 48.2 Å². The summed E-state index contributed by atoms with van der Waals surface area (Å²) in [6.45, 7) is 1.95. The number of carbonyl (C=O) groups excluding carboxylic acids is 1. The van der Waals surface area contributed by atoms with Gasteiger partial charge < -0.3 is 5.32 Å². The monoisotopic (exact) mass is 354 g/mol. The Bertz CT molecular complexity index is 1040. The molecule has 0 aliphatic rings. The summed E-state index contributed by atoms with van der Waals surface area (Å²) in [6.07, 6.45) is 0. The summed E-state index contributed by atoms with van der Waals surface area (Å²) in [4.78, 5) is 11.8. The lowest BCUT2D eigenvalue weighted by Crippen LogP contribution is -2.18. The normalized spacial score (nSPS) is 11.3. The Hall–Kier alpha value is -2.86. The van der Waals surface area contributed by atoms with Crippen LogP contribution in [0.3, 0.4) is 0 Å². The van der Waals surface area contributed by atoms with Crippen LogP contribution in [0, 0.1) is 6.92 Å². The molecule has 0 aromatic heterocycles. The fourth-order valence-corrected chi connectivity index (χ4v) is 3.97. The summed E-state index contributed by atoms with van der Waals surface area (Å²) in [5, 5.41) is 4.10. The van der Waals surface area contributed by atoms with Crippen LogP contribution in [0.2, 0.25) is 0 Å². The molecular weight excluding hydrogens is 336 g/mol. The third-order valence-electron chi connectivity index (χ3n) is 4.02. The zero-order valence-corrected chi connectivity index (χ0v) is 14.7. The van der Waals surface area contributed by atoms with Gasteiger partial charge >= 0.3 is 0 Å². The molecule has 128 valence electrons. The minimum absolute atomic E-state index is 0.223. The summed E-state index contributed by atoms with van der Waals surface area (Å²) in [6, 6.07) is 17.1. The molecule has 0 aliphatic heterocycles. The van der Waals surface area contributed by atoms with Crippen LogP contribution in [0.25, 0.3) is 10.8 Å². The Balaban J connectivity index is 1.98. The second-order valence-corrected chi connectivity index (χ2v) is 7.34. The van der Waals surface area contributed by atoms with Crippen molar-refractivity contribution < 1.29 is 13.2 Å². The average Bonchev–Trinajstić information content (AvgIpc) is 2.61. The van der Waals surface area contributed by atoms with Crippen LogP contribution < -0.4 is 10.0 Å². The highest BCUT2D eigenvalue weighted by atomic mass is 32.2. The standard InChI is InChI=1S/C19H18N2O3S/c1-13-7-12-18(17-6-4-3-5-16(13)17)25(23,24)21-15-10-8-14(9-11-15)19(22)20-2/h3-12,21H,1-2H3,(H,20,22). The summed E-state index contributed by atoms with van der Waals surface area (Å²) in [7, 11) is -2.20. The van der Waals surface area contributed by atoms with E-state index in [0.717, 1.165) is 10.9 Å². The number of nitrogens with one attached hydrogen (secondary N) is 2. The van der Waals surface area contributed by atoms with Gasteiger partial charge in [-0.1, -0.05) is 30.3 Å². The van der Waals surface area contributed by atoms with Crippen LogP contribution in [-0.2, 0) is 10.0 Å². The van der Waals surface area contributed by atoms with Crippen molar-refractivity contribution in [3.8, 4) is 0 Å². The van der Waals surface area contributed by atoms with Crippen molar-refractivity contribution >= 4 is 32.4 Å². The first kappa shape index (κ1) is 17.0. The summed E-state index contributed by atoms with van der Waals surface area (Å²) in [5.74, 6) is -0.223. The zero-order valence-electron chi connectivity index (χ0n) is 13.9. The Morgan fingerprint density at radius 3 is 2.16 bits per heavy atom. The molecule has 0 radical (unpaired) electrons. The quantitative estimate of drug-likeness (QED) is 0.755. The Morgan fingerprint density at radius 2 is 1.52 bits per heavy atom. The molecular formula is C19H18N2O3S. The molecule has 0 saturated carbocycles. The number of anilines is 1. The van der Waals surface area contributed by atoms with Gasteiger partial charge in [-0.25, -0.2) is 8.42 Å². The fourth-order valence-electron chi connectivity index (χ4n) is 2.70. The highest BCUT2D eigenvalue weighted by Crippen LogP contribution is 2.27. The molecule has 0 atom stereocenters. The molecule has 3 aromatic carbocycles. The van der Waals surface area contributed by atoms with Crippen molar-refractivity contribution in [1.29, 1.82) is 0 Å². The van der Waals surface area contributed by atoms with Gasteiger partial charge in [0.1, 0.15) is 0 Å². The first-order valence-corrected chi connectivity index (χ1v) is 9.24. The maximum atomic E-state index is 12.8. The molecule has 0 bridgehead atoms. The second-order valence-electron chi connectivity index (χ2n) is 5.69. The molecule has 0 unspecified atom stereocenters. The number of sulfonamides is 1. The maximum Gasteiger partial charge on any atom is 0.262 e. The second kappa shape index (κ2) is 6.57. The van der Waals surface area contributed by atoms with E-state index in [-0.39, 0.29) is 10.8 Å². The van der Waals surface area contributed by atoms with Gasteiger partial charge in [0.05, 0.1) is 4.90 Å². The van der Waals surface area contributed by atoms with Gasteiger partial charge in [0, 0.05) is 23.7 Å². The molecule has 3 aromatic rings. The SMILES string of the molecule is CNC(=O)c1ccc(NS(=O)(=O)c2ccc(C)c3ccccc23)cc1. The number of fused-ring (bicyclic) bond motifs is 1.